The summed E-state index contributed by atoms with van der Waals surface area (Å²) in [5.41, 5.74) is 0.119. The Labute approximate surface area is 183 Å². The van der Waals surface area contributed by atoms with Crippen molar-refractivity contribution in [1.82, 2.24) is 9.78 Å². The van der Waals surface area contributed by atoms with E-state index in [-0.39, 0.29) is 46.9 Å². The van der Waals surface area contributed by atoms with Gasteiger partial charge in [0.1, 0.15) is 11.4 Å². The number of aliphatic hydroxyl groups is 1. The van der Waals surface area contributed by atoms with E-state index in [0.717, 1.165) is 4.68 Å². The van der Waals surface area contributed by atoms with Crippen molar-refractivity contribution in [2.75, 3.05) is 13.7 Å². The fraction of sp³-hybridized carbons (Fsp3) is 0.286. The van der Waals surface area contributed by atoms with Crippen molar-refractivity contribution in [3.63, 3.8) is 0 Å². The monoisotopic (exact) mass is 469 g/mol. The first kappa shape index (κ1) is 23.8. The summed E-state index contributed by atoms with van der Waals surface area (Å²) in [4.78, 5) is -0.168. The van der Waals surface area contributed by atoms with E-state index in [0.29, 0.717) is 11.3 Å². The molecular weight excluding hydrogens is 447 g/mol. The third-order valence-corrected chi connectivity index (χ3v) is 5.82. The fourth-order valence-corrected chi connectivity index (χ4v) is 3.96. The Hall–Kier alpha value is -2.89. The number of ether oxygens (including phenoxy) is 1. The zero-order valence-electron chi connectivity index (χ0n) is 17.3. The van der Waals surface area contributed by atoms with Gasteiger partial charge in [0.05, 0.1) is 12.0 Å². The van der Waals surface area contributed by atoms with Gasteiger partial charge in [0.15, 0.2) is 5.69 Å². The second-order valence-corrected chi connectivity index (χ2v) is 8.69. The lowest BCUT2D eigenvalue weighted by atomic mass is 9.97. The van der Waals surface area contributed by atoms with Gasteiger partial charge in [-0.05, 0) is 48.7 Å². The maximum atomic E-state index is 14.2. The van der Waals surface area contributed by atoms with Crippen LogP contribution in [0.15, 0.2) is 47.4 Å². The van der Waals surface area contributed by atoms with E-state index in [9.17, 15) is 21.6 Å². The average molecular weight is 469 g/mol. The highest BCUT2D eigenvalue weighted by Crippen LogP contribution is 2.43. The molecule has 0 unspecified atom stereocenters. The number of rotatable bonds is 7. The lowest BCUT2D eigenvalue weighted by Crippen LogP contribution is -2.16. The molecule has 0 aliphatic carbocycles. The molecule has 1 heterocycles. The first-order chi connectivity index (χ1) is 15.0. The summed E-state index contributed by atoms with van der Waals surface area (Å²) < 4.78 is 71.7. The summed E-state index contributed by atoms with van der Waals surface area (Å²) in [6, 6.07) is 9.81. The summed E-state index contributed by atoms with van der Waals surface area (Å²) in [5.74, 6) is 0.522. The molecule has 0 aliphatic rings. The highest BCUT2D eigenvalue weighted by atomic mass is 32.2. The molecule has 172 valence electrons. The van der Waals surface area contributed by atoms with Crippen molar-refractivity contribution in [2.24, 2.45) is 5.14 Å². The van der Waals surface area contributed by atoms with Crippen molar-refractivity contribution in [2.45, 2.75) is 31.0 Å². The van der Waals surface area contributed by atoms with E-state index < -0.39 is 21.9 Å². The summed E-state index contributed by atoms with van der Waals surface area (Å²) in [7, 11) is -2.50. The SMILES string of the molecule is COc1ccc(-c2c(-c3ccc(S(N)(=O)=O)cc3)nn(CCCO)c2C(F)(F)F)cc1C. The number of alkyl halides is 3. The Kier molecular flexibility index (Phi) is 6.63. The summed E-state index contributed by atoms with van der Waals surface area (Å²) in [5, 5.41) is 18.4. The number of nitrogens with zero attached hydrogens (tertiary/aromatic N) is 2. The number of halogens is 3. The number of hydrogen-bond acceptors (Lipinski definition) is 5. The van der Waals surface area contributed by atoms with E-state index in [1.807, 2.05) is 0 Å². The topological polar surface area (TPSA) is 107 Å². The third-order valence-electron chi connectivity index (χ3n) is 4.89. The maximum Gasteiger partial charge on any atom is 0.433 e. The number of nitrogens with two attached hydrogens (primary N) is 1. The van der Waals surface area contributed by atoms with Gasteiger partial charge in [0.25, 0.3) is 0 Å². The zero-order chi connectivity index (χ0) is 23.7. The van der Waals surface area contributed by atoms with E-state index in [1.165, 1.54) is 37.4 Å². The first-order valence-corrected chi connectivity index (χ1v) is 11.1. The minimum atomic E-state index is -4.73. The van der Waals surface area contributed by atoms with Crippen LogP contribution in [0.5, 0.6) is 5.75 Å². The molecule has 0 amide bonds. The normalized spacial score (nSPS) is 12.2. The van der Waals surface area contributed by atoms with E-state index in [4.69, 9.17) is 15.0 Å². The van der Waals surface area contributed by atoms with Gasteiger partial charge in [0, 0.05) is 24.3 Å². The fourth-order valence-electron chi connectivity index (χ4n) is 3.44. The Morgan fingerprint density at radius 3 is 2.25 bits per heavy atom. The van der Waals surface area contributed by atoms with Crippen LogP contribution < -0.4 is 9.88 Å². The number of aliphatic hydroxyl groups excluding tert-OH is 1. The van der Waals surface area contributed by atoms with Gasteiger partial charge >= 0.3 is 6.18 Å². The number of hydrogen-bond donors (Lipinski definition) is 2. The number of aromatic nitrogens is 2. The smallest absolute Gasteiger partial charge is 0.433 e. The molecular formula is C21H22F3N3O4S. The molecule has 0 fully saturated rings. The minimum Gasteiger partial charge on any atom is -0.496 e. The molecule has 1 aromatic heterocycles. The first-order valence-electron chi connectivity index (χ1n) is 9.54. The average Bonchev–Trinajstić information content (AvgIpc) is 3.11. The van der Waals surface area contributed by atoms with Crippen molar-refractivity contribution in [1.29, 1.82) is 0 Å². The largest absolute Gasteiger partial charge is 0.496 e. The minimum absolute atomic E-state index is 0.0285. The van der Waals surface area contributed by atoms with Crippen LogP contribution in [-0.4, -0.2) is 37.0 Å². The van der Waals surface area contributed by atoms with E-state index >= 15 is 0 Å². The second-order valence-electron chi connectivity index (χ2n) is 7.12. The molecule has 2 aromatic carbocycles. The summed E-state index contributed by atoms with van der Waals surface area (Å²) in [6.07, 6.45) is -4.65. The van der Waals surface area contributed by atoms with Crippen molar-refractivity contribution < 1.29 is 31.4 Å². The van der Waals surface area contributed by atoms with Crippen molar-refractivity contribution in [3.05, 3.63) is 53.7 Å². The van der Waals surface area contributed by atoms with Gasteiger partial charge in [0.2, 0.25) is 10.0 Å². The van der Waals surface area contributed by atoms with Gasteiger partial charge in [-0.2, -0.15) is 18.3 Å². The zero-order valence-corrected chi connectivity index (χ0v) is 18.2. The van der Waals surface area contributed by atoms with Gasteiger partial charge < -0.3 is 9.84 Å². The van der Waals surface area contributed by atoms with Gasteiger partial charge in [-0.3, -0.25) is 4.68 Å². The molecule has 0 radical (unpaired) electrons. The Balaban J connectivity index is 2.30. The number of methoxy groups -OCH3 is 1. The Bertz CT molecular complexity index is 1220. The lowest BCUT2D eigenvalue weighted by molar-refractivity contribution is -0.143. The lowest BCUT2D eigenvalue weighted by Gasteiger charge is -2.14. The molecule has 11 heteroatoms. The van der Waals surface area contributed by atoms with Crippen LogP contribution in [0.2, 0.25) is 0 Å². The molecule has 0 aliphatic heterocycles. The van der Waals surface area contributed by atoms with E-state index in [1.54, 1.807) is 19.1 Å². The van der Waals surface area contributed by atoms with Crippen molar-refractivity contribution >= 4 is 10.0 Å². The molecule has 0 saturated heterocycles. The predicted octanol–water partition coefficient (Wildman–Crippen LogP) is 3.58. The molecule has 7 nitrogen and oxygen atoms in total. The van der Waals surface area contributed by atoms with Crippen LogP contribution in [0.1, 0.15) is 17.7 Å². The standard InChI is InChI=1S/C21H22F3N3O4S/c1-13-12-15(6-9-17(13)31-2)18-19(14-4-7-16(8-5-14)32(25,29)30)26-27(10-3-11-28)20(18)21(22,23)24/h4-9,12,28H,3,10-11H2,1-2H3,(H2,25,29,30). The summed E-state index contributed by atoms with van der Waals surface area (Å²) in [6.45, 7) is 1.27. The molecule has 0 atom stereocenters. The highest BCUT2D eigenvalue weighted by molar-refractivity contribution is 7.89. The second kappa shape index (κ2) is 8.93. The van der Waals surface area contributed by atoms with E-state index in [2.05, 4.69) is 5.10 Å². The molecule has 0 bridgehead atoms. The molecule has 3 N–H and O–H groups in total. The van der Waals surface area contributed by atoms with Crippen LogP contribution in [-0.2, 0) is 22.7 Å². The van der Waals surface area contributed by atoms with Crippen LogP contribution in [0.4, 0.5) is 13.2 Å². The van der Waals surface area contributed by atoms with Crippen LogP contribution in [0, 0.1) is 6.92 Å². The number of aryl methyl sites for hydroxylation is 2. The molecule has 0 saturated carbocycles. The molecule has 3 aromatic rings. The highest BCUT2D eigenvalue weighted by Gasteiger charge is 2.40. The Morgan fingerprint density at radius 2 is 1.75 bits per heavy atom. The van der Waals surface area contributed by atoms with Gasteiger partial charge in [-0.25, -0.2) is 13.6 Å². The van der Waals surface area contributed by atoms with Crippen LogP contribution >= 0.6 is 0 Å². The third kappa shape index (κ3) is 4.79. The van der Waals surface area contributed by atoms with Crippen LogP contribution in [0.25, 0.3) is 22.4 Å². The maximum absolute atomic E-state index is 14.2. The predicted molar refractivity (Wildman–Crippen MR) is 112 cm³/mol. The Morgan fingerprint density at radius 1 is 1.12 bits per heavy atom. The van der Waals surface area contributed by atoms with Crippen molar-refractivity contribution in [3.8, 4) is 28.1 Å². The summed E-state index contributed by atoms with van der Waals surface area (Å²) >= 11 is 0. The molecule has 32 heavy (non-hydrogen) atoms. The number of primary sulfonamides is 1. The van der Waals surface area contributed by atoms with Gasteiger partial charge in [-0.1, -0.05) is 18.2 Å². The molecule has 3 rings (SSSR count). The quantitative estimate of drug-likeness (QED) is 0.550. The van der Waals surface area contributed by atoms with Gasteiger partial charge in [-0.15, -0.1) is 0 Å². The number of benzene rings is 2. The van der Waals surface area contributed by atoms with Crippen LogP contribution in [0.3, 0.4) is 0 Å². The number of sulfonamides is 1. The molecule has 0 spiro atoms.